The van der Waals surface area contributed by atoms with Gasteiger partial charge in [0.05, 0.1) is 0 Å². The molecule has 1 amide bonds. The van der Waals surface area contributed by atoms with E-state index in [2.05, 4.69) is 26.1 Å². The van der Waals surface area contributed by atoms with Gasteiger partial charge in [-0.05, 0) is 53.2 Å². The second kappa shape index (κ2) is 9.80. The third-order valence-corrected chi connectivity index (χ3v) is 5.31. The number of nitrogens with two attached hydrogens (primary N) is 1. The van der Waals surface area contributed by atoms with E-state index in [4.69, 9.17) is 10.5 Å². The molecule has 1 heterocycles. The minimum Gasteiger partial charge on any atom is -0.457 e. The zero-order chi connectivity index (χ0) is 24.0. The van der Waals surface area contributed by atoms with Gasteiger partial charge >= 0.3 is 0 Å². The molecule has 0 aliphatic rings. The van der Waals surface area contributed by atoms with Crippen molar-refractivity contribution in [3.05, 3.63) is 109 Å². The van der Waals surface area contributed by atoms with E-state index in [0.29, 0.717) is 17.1 Å². The van der Waals surface area contributed by atoms with Crippen molar-refractivity contribution in [1.82, 2.24) is 15.4 Å². The van der Waals surface area contributed by atoms with Crippen LogP contribution in [0.2, 0.25) is 0 Å². The minimum atomic E-state index is -0.302. The zero-order valence-electron chi connectivity index (χ0n) is 18.6. The predicted molar refractivity (Wildman–Crippen MR) is 138 cm³/mol. The highest BCUT2D eigenvalue weighted by Gasteiger charge is 2.12. The highest BCUT2D eigenvalue weighted by molar-refractivity contribution is 6.07. The average Bonchev–Trinajstić information content (AvgIpc) is 2.90. The van der Waals surface area contributed by atoms with Crippen LogP contribution in [0.3, 0.4) is 0 Å². The second-order valence-corrected chi connectivity index (χ2v) is 7.65. The van der Waals surface area contributed by atoms with E-state index in [1.807, 2.05) is 91.0 Å². The smallest absolute Gasteiger partial charge is 0.270 e. The van der Waals surface area contributed by atoms with Gasteiger partial charge in [0.2, 0.25) is 0 Å². The van der Waals surface area contributed by atoms with Crippen LogP contribution in [0.1, 0.15) is 10.4 Å². The number of carbonyl (C=O) groups excluding carboxylic acids is 1. The van der Waals surface area contributed by atoms with Gasteiger partial charge in [-0.1, -0.05) is 54.6 Å². The molecule has 4 aromatic carbocycles. The number of amides is 1. The number of hydrazine groups is 1. The van der Waals surface area contributed by atoms with E-state index in [0.717, 1.165) is 22.2 Å². The van der Waals surface area contributed by atoms with Gasteiger partial charge in [0.1, 0.15) is 23.5 Å². The number of benzene rings is 4. The van der Waals surface area contributed by atoms with Gasteiger partial charge in [0.15, 0.2) is 11.6 Å². The van der Waals surface area contributed by atoms with E-state index < -0.39 is 0 Å². The quantitative estimate of drug-likeness (QED) is 0.236. The molecule has 172 valence electrons. The number of rotatable bonds is 7. The maximum atomic E-state index is 12.8. The largest absolute Gasteiger partial charge is 0.457 e. The van der Waals surface area contributed by atoms with Gasteiger partial charge in [-0.2, -0.15) is 0 Å². The number of hydrogen-bond acceptors (Lipinski definition) is 7. The first-order chi connectivity index (χ1) is 17.2. The summed E-state index contributed by atoms with van der Waals surface area (Å²) in [6, 6.07) is 30.2. The number of para-hydroxylation sites is 1. The topological polar surface area (TPSA) is 114 Å². The molecule has 5 rings (SSSR count). The first-order valence-electron chi connectivity index (χ1n) is 10.9. The third kappa shape index (κ3) is 4.96. The van der Waals surface area contributed by atoms with Crippen molar-refractivity contribution in [1.29, 1.82) is 0 Å². The molecule has 0 aliphatic carbocycles. The lowest BCUT2D eigenvalue weighted by Crippen LogP contribution is -2.30. The fourth-order valence-electron chi connectivity index (χ4n) is 3.57. The van der Waals surface area contributed by atoms with Crippen molar-refractivity contribution in [3.8, 4) is 11.5 Å². The summed E-state index contributed by atoms with van der Waals surface area (Å²) < 4.78 is 5.82. The van der Waals surface area contributed by atoms with E-state index in [1.54, 1.807) is 6.07 Å². The van der Waals surface area contributed by atoms with Gasteiger partial charge in [-0.3, -0.25) is 15.6 Å². The number of nitrogens with one attached hydrogen (secondary N) is 3. The molecule has 0 aliphatic heterocycles. The van der Waals surface area contributed by atoms with Crippen LogP contribution in [0.5, 0.6) is 11.5 Å². The number of carbonyl (C=O) groups is 1. The number of ether oxygens (including phenoxy) is 1. The van der Waals surface area contributed by atoms with Crippen molar-refractivity contribution >= 4 is 39.7 Å². The van der Waals surface area contributed by atoms with Crippen LogP contribution in [0.15, 0.2) is 103 Å². The number of nitrogen functional groups attached to an aromatic ring is 1. The molecule has 0 unspecified atom stereocenters. The van der Waals surface area contributed by atoms with Crippen LogP contribution < -0.4 is 26.6 Å². The van der Waals surface area contributed by atoms with Crippen LogP contribution in [-0.2, 0) is 0 Å². The molecule has 0 fully saturated rings. The molecule has 5 aromatic rings. The summed E-state index contributed by atoms with van der Waals surface area (Å²) in [6.45, 7) is 0. The lowest BCUT2D eigenvalue weighted by molar-refractivity contribution is 0.0964. The minimum absolute atomic E-state index is 0.260. The normalized spacial score (nSPS) is 10.5. The Morgan fingerprint density at radius 3 is 2.26 bits per heavy atom. The Hall–Kier alpha value is -5.11. The number of fused-ring (bicyclic) bond motifs is 1. The van der Waals surface area contributed by atoms with E-state index in [-0.39, 0.29) is 17.4 Å². The molecule has 0 saturated heterocycles. The summed E-state index contributed by atoms with van der Waals surface area (Å²) in [6.07, 6.45) is 1.36. The van der Waals surface area contributed by atoms with Gasteiger partial charge < -0.3 is 15.8 Å². The Labute approximate surface area is 201 Å². The molecular weight excluding hydrogens is 440 g/mol. The van der Waals surface area contributed by atoms with Crippen molar-refractivity contribution < 1.29 is 9.53 Å². The summed E-state index contributed by atoms with van der Waals surface area (Å²) in [5, 5.41) is 5.00. The van der Waals surface area contributed by atoms with Crippen molar-refractivity contribution in [2.24, 2.45) is 0 Å². The highest BCUT2D eigenvalue weighted by atomic mass is 16.5. The summed E-state index contributed by atoms with van der Waals surface area (Å²) in [5.74, 6) is 1.84. The Kier molecular flexibility index (Phi) is 6.08. The van der Waals surface area contributed by atoms with E-state index in [9.17, 15) is 4.79 Å². The molecule has 8 nitrogen and oxygen atoms in total. The Morgan fingerprint density at radius 1 is 0.743 bits per heavy atom. The highest BCUT2D eigenvalue weighted by Crippen LogP contribution is 2.28. The fraction of sp³-hybridized carbons (Fsp3) is 0. The number of aromatic nitrogens is 2. The Bertz CT molecular complexity index is 1470. The van der Waals surface area contributed by atoms with Crippen molar-refractivity contribution in [2.45, 2.75) is 0 Å². The molecular formula is C27H22N6O2. The summed E-state index contributed by atoms with van der Waals surface area (Å²) >= 11 is 0. The Morgan fingerprint density at radius 2 is 1.43 bits per heavy atom. The van der Waals surface area contributed by atoms with Gasteiger partial charge in [0.25, 0.3) is 5.91 Å². The van der Waals surface area contributed by atoms with Crippen LogP contribution in [0, 0.1) is 0 Å². The first-order valence-corrected chi connectivity index (χ1v) is 10.9. The maximum Gasteiger partial charge on any atom is 0.270 e. The number of hydrogen-bond donors (Lipinski definition) is 4. The maximum absolute atomic E-state index is 12.8. The first kappa shape index (κ1) is 21.7. The lowest BCUT2D eigenvalue weighted by atomic mass is 10.0. The van der Waals surface area contributed by atoms with Crippen LogP contribution in [-0.4, -0.2) is 15.9 Å². The molecule has 8 heteroatoms. The third-order valence-electron chi connectivity index (χ3n) is 5.31. The number of anilines is 4. The Balaban J connectivity index is 1.26. The van der Waals surface area contributed by atoms with Gasteiger partial charge in [-0.25, -0.2) is 9.97 Å². The van der Waals surface area contributed by atoms with Crippen LogP contribution in [0.25, 0.3) is 10.8 Å². The molecule has 0 spiro atoms. The molecule has 0 radical (unpaired) electrons. The van der Waals surface area contributed by atoms with Crippen LogP contribution >= 0.6 is 0 Å². The standard InChI is InChI=1S/C27H22N6O2/c28-24-25(31-19-13-15-21(16-14-19)35-20-9-2-1-3-10-20)29-17-30-26(24)32-33-27(34)23-12-6-8-18-7-4-5-11-22(18)23/h1-17H,28H2,(H,33,34)(H2,29,30,31,32). The summed E-state index contributed by atoms with van der Waals surface area (Å²) in [5.41, 5.74) is 13.3. The SMILES string of the molecule is Nc1c(NNC(=O)c2cccc3ccccc23)ncnc1Nc1ccc(Oc2ccccc2)cc1. The lowest BCUT2D eigenvalue weighted by Gasteiger charge is -2.14. The molecule has 0 saturated carbocycles. The van der Waals surface area contributed by atoms with Crippen LogP contribution in [0.4, 0.5) is 23.0 Å². The molecule has 35 heavy (non-hydrogen) atoms. The van der Waals surface area contributed by atoms with E-state index in [1.165, 1.54) is 6.33 Å². The van der Waals surface area contributed by atoms with Gasteiger partial charge in [0, 0.05) is 11.3 Å². The van der Waals surface area contributed by atoms with Gasteiger partial charge in [-0.15, -0.1) is 0 Å². The molecule has 5 N–H and O–H groups in total. The monoisotopic (exact) mass is 462 g/mol. The fourth-order valence-corrected chi connectivity index (χ4v) is 3.57. The predicted octanol–water partition coefficient (Wildman–Crippen LogP) is 5.50. The van der Waals surface area contributed by atoms with Crippen molar-refractivity contribution in [2.75, 3.05) is 16.5 Å². The number of nitrogens with zero attached hydrogens (tertiary/aromatic N) is 2. The summed E-state index contributed by atoms with van der Waals surface area (Å²) in [7, 11) is 0. The zero-order valence-corrected chi connectivity index (χ0v) is 18.6. The van der Waals surface area contributed by atoms with E-state index >= 15 is 0 Å². The second-order valence-electron chi connectivity index (χ2n) is 7.65. The average molecular weight is 463 g/mol. The molecule has 0 bridgehead atoms. The molecule has 0 atom stereocenters. The van der Waals surface area contributed by atoms with Crippen molar-refractivity contribution in [3.63, 3.8) is 0 Å². The molecule has 1 aromatic heterocycles. The summed E-state index contributed by atoms with van der Waals surface area (Å²) in [4.78, 5) is 21.2.